The van der Waals surface area contributed by atoms with Gasteiger partial charge in [-0.15, -0.1) is 0 Å². The van der Waals surface area contributed by atoms with Gasteiger partial charge in [-0.05, 0) is 30.5 Å². The van der Waals surface area contributed by atoms with Crippen LogP contribution in [0.25, 0.3) is 0 Å². The molecule has 7 nitrogen and oxygen atoms in total. The molecule has 2 rings (SSSR count). The highest BCUT2D eigenvalue weighted by Crippen LogP contribution is 2.20. The minimum absolute atomic E-state index is 0.238. The number of sulfonamides is 1. The highest BCUT2D eigenvalue weighted by atomic mass is 32.2. The molecule has 1 aliphatic rings. The number of amides is 1. The first kappa shape index (κ1) is 17.7. The van der Waals surface area contributed by atoms with Crippen LogP contribution in [0.5, 0.6) is 0 Å². The molecule has 23 heavy (non-hydrogen) atoms. The fourth-order valence-electron chi connectivity index (χ4n) is 2.69. The van der Waals surface area contributed by atoms with E-state index in [4.69, 9.17) is 0 Å². The second kappa shape index (κ2) is 7.27. The van der Waals surface area contributed by atoms with E-state index < -0.39 is 16.1 Å². The lowest BCUT2D eigenvalue weighted by Gasteiger charge is -2.32. The van der Waals surface area contributed by atoms with Crippen molar-refractivity contribution in [3.63, 3.8) is 0 Å². The number of aromatic nitrogens is 1. The molecule has 0 unspecified atom stereocenters. The molecule has 0 aliphatic carbocycles. The predicted octanol–water partition coefficient (Wildman–Crippen LogP) is 0.578. The summed E-state index contributed by atoms with van der Waals surface area (Å²) in [5.41, 5.74) is 0.929. The maximum atomic E-state index is 12.4. The number of rotatable bonds is 5. The van der Waals surface area contributed by atoms with Crippen LogP contribution in [0, 0.1) is 0 Å². The monoisotopic (exact) mass is 340 g/mol. The van der Waals surface area contributed by atoms with Crippen LogP contribution in [0.4, 0.5) is 5.82 Å². The van der Waals surface area contributed by atoms with Gasteiger partial charge in [0.2, 0.25) is 15.9 Å². The smallest absolute Gasteiger partial charge is 0.238 e. The number of anilines is 1. The molecule has 1 N–H and O–H groups in total. The van der Waals surface area contributed by atoms with E-state index in [9.17, 15) is 13.2 Å². The quantitative estimate of drug-likeness (QED) is 0.848. The number of carbonyl (C=O) groups excluding carboxylic acids is 1. The molecular formula is C15H24N4O3S. The summed E-state index contributed by atoms with van der Waals surface area (Å²) in [6.45, 7) is 0.771. The molecule has 0 aromatic carbocycles. The molecule has 8 heteroatoms. The zero-order valence-corrected chi connectivity index (χ0v) is 14.6. The second-order valence-electron chi connectivity index (χ2n) is 6.02. The van der Waals surface area contributed by atoms with Crippen molar-refractivity contribution >= 4 is 21.7 Å². The van der Waals surface area contributed by atoms with Crippen molar-refractivity contribution in [3.05, 3.63) is 23.9 Å². The van der Waals surface area contributed by atoms with Crippen molar-refractivity contribution in [2.75, 3.05) is 31.8 Å². The normalized spacial score (nSPS) is 19.3. The van der Waals surface area contributed by atoms with Crippen LogP contribution in [0.1, 0.15) is 24.8 Å². The Morgan fingerprint density at radius 1 is 1.43 bits per heavy atom. The van der Waals surface area contributed by atoms with E-state index >= 15 is 0 Å². The molecule has 0 saturated carbocycles. The maximum Gasteiger partial charge on any atom is 0.238 e. The average Bonchev–Trinajstić information content (AvgIpc) is 2.52. The van der Waals surface area contributed by atoms with Crippen molar-refractivity contribution in [2.45, 2.75) is 31.8 Å². The van der Waals surface area contributed by atoms with E-state index in [1.807, 2.05) is 31.1 Å². The molecule has 1 aliphatic heterocycles. The first-order valence-corrected chi connectivity index (χ1v) is 9.50. The SMILES string of the molecule is CN(C)c1cc(CNC(=O)[C@@H]2CCCCN2S(C)(=O)=O)ccn1. The lowest BCUT2D eigenvalue weighted by molar-refractivity contribution is -0.125. The molecule has 0 spiro atoms. The summed E-state index contributed by atoms with van der Waals surface area (Å²) in [6.07, 6.45) is 5.08. The summed E-state index contributed by atoms with van der Waals surface area (Å²) < 4.78 is 25.0. The Labute approximate surface area is 137 Å². The highest BCUT2D eigenvalue weighted by Gasteiger charge is 2.34. The van der Waals surface area contributed by atoms with Gasteiger partial charge in [-0.2, -0.15) is 4.31 Å². The third kappa shape index (κ3) is 4.65. The minimum atomic E-state index is -3.37. The molecule has 1 amide bonds. The van der Waals surface area contributed by atoms with Gasteiger partial charge in [-0.1, -0.05) is 6.42 Å². The van der Waals surface area contributed by atoms with Crippen LogP contribution in [0.2, 0.25) is 0 Å². The third-order valence-electron chi connectivity index (χ3n) is 3.92. The van der Waals surface area contributed by atoms with Gasteiger partial charge in [0.1, 0.15) is 11.9 Å². The van der Waals surface area contributed by atoms with Crippen LogP contribution in [0.15, 0.2) is 18.3 Å². The van der Waals surface area contributed by atoms with E-state index in [0.29, 0.717) is 19.5 Å². The van der Waals surface area contributed by atoms with Crippen molar-refractivity contribution < 1.29 is 13.2 Å². The standard InChI is InChI=1S/C15H24N4O3S/c1-18(2)14-10-12(7-8-16-14)11-17-15(20)13-6-4-5-9-19(13)23(3,21)22/h7-8,10,13H,4-6,9,11H2,1-3H3,(H,17,20)/t13-/m0/s1. The van der Waals surface area contributed by atoms with Crippen molar-refractivity contribution in [1.82, 2.24) is 14.6 Å². The van der Waals surface area contributed by atoms with Crippen molar-refractivity contribution in [3.8, 4) is 0 Å². The summed E-state index contributed by atoms with van der Waals surface area (Å²) >= 11 is 0. The molecule has 1 saturated heterocycles. The molecule has 1 fully saturated rings. The van der Waals surface area contributed by atoms with Crippen LogP contribution in [-0.4, -0.2) is 56.6 Å². The molecule has 0 radical (unpaired) electrons. The lowest BCUT2D eigenvalue weighted by atomic mass is 10.0. The van der Waals surface area contributed by atoms with Gasteiger partial charge in [0, 0.05) is 33.4 Å². The molecule has 128 valence electrons. The third-order valence-corrected chi connectivity index (χ3v) is 5.21. The molecule has 1 aromatic rings. The first-order valence-electron chi connectivity index (χ1n) is 7.66. The predicted molar refractivity (Wildman–Crippen MR) is 89.6 cm³/mol. The fourth-order valence-corrected chi connectivity index (χ4v) is 3.81. The van der Waals surface area contributed by atoms with Gasteiger partial charge in [0.25, 0.3) is 0 Å². The molecule has 1 atom stereocenters. The van der Waals surface area contributed by atoms with Crippen LogP contribution in [-0.2, 0) is 21.4 Å². The fraction of sp³-hybridized carbons (Fsp3) is 0.600. The van der Waals surface area contributed by atoms with E-state index in [-0.39, 0.29) is 5.91 Å². The Kier molecular flexibility index (Phi) is 5.59. The summed E-state index contributed by atoms with van der Waals surface area (Å²) in [7, 11) is 0.434. The largest absolute Gasteiger partial charge is 0.363 e. The summed E-state index contributed by atoms with van der Waals surface area (Å²) in [4.78, 5) is 18.5. The summed E-state index contributed by atoms with van der Waals surface area (Å²) in [6, 6.07) is 3.13. The van der Waals surface area contributed by atoms with Crippen LogP contribution in [0.3, 0.4) is 0 Å². The Bertz CT molecular complexity index is 660. The Morgan fingerprint density at radius 3 is 2.83 bits per heavy atom. The Morgan fingerprint density at radius 2 is 2.17 bits per heavy atom. The van der Waals surface area contributed by atoms with Gasteiger partial charge in [-0.25, -0.2) is 13.4 Å². The van der Waals surface area contributed by atoms with Gasteiger partial charge in [-0.3, -0.25) is 4.79 Å². The van der Waals surface area contributed by atoms with E-state index in [1.165, 1.54) is 4.31 Å². The van der Waals surface area contributed by atoms with Crippen molar-refractivity contribution in [1.29, 1.82) is 0 Å². The second-order valence-corrected chi connectivity index (χ2v) is 7.95. The van der Waals surface area contributed by atoms with Gasteiger partial charge in [0.15, 0.2) is 0 Å². The van der Waals surface area contributed by atoms with Gasteiger partial charge < -0.3 is 10.2 Å². The topological polar surface area (TPSA) is 82.6 Å². The maximum absolute atomic E-state index is 12.4. The molecule has 2 heterocycles. The number of hydrogen-bond donors (Lipinski definition) is 1. The Balaban J connectivity index is 2.02. The summed E-state index contributed by atoms with van der Waals surface area (Å²) in [5, 5.41) is 2.85. The molecule has 1 aromatic heterocycles. The Hall–Kier alpha value is -1.67. The zero-order chi connectivity index (χ0) is 17.0. The highest BCUT2D eigenvalue weighted by molar-refractivity contribution is 7.88. The molecule has 0 bridgehead atoms. The summed E-state index contributed by atoms with van der Waals surface area (Å²) in [5.74, 6) is 0.575. The van der Waals surface area contributed by atoms with Crippen LogP contribution >= 0.6 is 0 Å². The van der Waals surface area contributed by atoms with Crippen LogP contribution < -0.4 is 10.2 Å². The average molecular weight is 340 g/mol. The van der Waals surface area contributed by atoms with Crippen molar-refractivity contribution in [2.24, 2.45) is 0 Å². The first-order chi connectivity index (χ1) is 10.8. The number of nitrogens with one attached hydrogen (secondary N) is 1. The minimum Gasteiger partial charge on any atom is -0.363 e. The number of pyridine rings is 1. The van der Waals surface area contributed by atoms with E-state index in [1.54, 1.807) is 6.20 Å². The molecular weight excluding hydrogens is 316 g/mol. The number of hydrogen-bond acceptors (Lipinski definition) is 5. The number of nitrogens with zero attached hydrogens (tertiary/aromatic N) is 3. The van der Waals surface area contributed by atoms with Gasteiger partial charge in [0.05, 0.1) is 6.26 Å². The van der Waals surface area contributed by atoms with E-state index in [0.717, 1.165) is 30.5 Å². The number of piperidine rings is 1. The zero-order valence-electron chi connectivity index (χ0n) is 13.8. The lowest BCUT2D eigenvalue weighted by Crippen LogP contribution is -2.51. The van der Waals surface area contributed by atoms with E-state index in [2.05, 4.69) is 10.3 Å². The van der Waals surface area contributed by atoms with Gasteiger partial charge >= 0.3 is 0 Å². The number of carbonyl (C=O) groups is 1.